The molecular weight excluding hydrogens is 312 g/mol. The second-order valence-corrected chi connectivity index (χ2v) is 7.15. The minimum absolute atomic E-state index is 0.0325. The number of carbonyl (C=O) groups is 2. The number of nitrogens with one attached hydrogen (secondary N) is 1. The van der Waals surface area contributed by atoms with E-state index in [4.69, 9.17) is 0 Å². The van der Waals surface area contributed by atoms with E-state index in [0.29, 0.717) is 19.6 Å². The first kappa shape index (κ1) is 16.2. The van der Waals surface area contributed by atoms with Gasteiger partial charge < -0.3 is 15.1 Å². The summed E-state index contributed by atoms with van der Waals surface area (Å²) in [5, 5.41) is 5.95. The molecule has 0 spiro atoms. The average molecular weight is 336 g/mol. The van der Waals surface area contributed by atoms with Gasteiger partial charge in [0.15, 0.2) is 0 Å². The first-order valence-electron chi connectivity index (χ1n) is 8.42. The van der Waals surface area contributed by atoms with E-state index < -0.39 is 0 Å². The number of urea groups is 1. The second-order valence-electron chi connectivity index (χ2n) is 6.22. The number of thiazole rings is 1. The summed E-state index contributed by atoms with van der Waals surface area (Å²) in [4.78, 5) is 32.8. The lowest BCUT2D eigenvalue weighted by molar-refractivity contribution is -0.132. The summed E-state index contributed by atoms with van der Waals surface area (Å²) in [5.41, 5.74) is 0. The predicted molar refractivity (Wildman–Crippen MR) is 89.2 cm³/mol. The molecule has 1 aliphatic heterocycles. The van der Waals surface area contributed by atoms with Gasteiger partial charge >= 0.3 is 6.03 Å². The molecule has 1 N–H and O–H groups in total. The maximum Gasteiger partial charge on any atom is 0.318 e. The Kier molecular flexibility index (Phi) is 5.15. The molecule has 2 fully saturated rings. The van der Waals surface area contributed by atoms with Gasteiger partial charge in [-0.2, -0.15) is 0 Å². The molecule has 1 saturated heterocycles. The quantitative estimate of drug-likeness (QED) is 0.917. The van der Waals surface area contributed by atoms with Gasteiger partial charge in [0.25, 0.3) is 0 Å². The number of carbonyl (C=O) groups excluding carboxylic acids is 2. The van der Waals surface area contributed by atoms with Crippen LogP contribution in [0.1, 0.15) is 43.7 Å². The summed E-state index contributed by atoms with van der Waals surface area (Å²) in [5.74, 6) is 0.534. The fraction of sp³-hybridized carbons (Fsp3) is 0.688. The zero-order chi connectivity index (χ0) is 16.2. The summed E-state index contributed by atoms with van der Waals surface area (Å²) in [7, 11) is 0. The summed E-state index contributed by atoms with van der Waals surface area (Å²) < 4.78 is 0. The molecule has 0 bridgehead atoms. The van der Waals surface area contributed by atoms with E-state index in [9.17, 15) is 9.59 Å². The van der Waals surface area contributed by atoms with Crippen molar-refractivity contribution in [2.24, 2.45) is 5.92 Å². The van der Waals surface area contributed by atoms with Gasteiger partial charge in [-0.15, -0.1) is 11.3 Å². The lowest BCUT2D eigenvalue weighted by Crippen LogP contribution is -2.43. The molecule has 1 aliphatic carbocycles. The Balaban J connectivity index is 1.54. The van der Waals surface area contributed by atoms with Crippen LogP contribution in [-0.4, -0.2) is 52.9 Å². The average Bonchev–Trinajstić information content (AvgIpc) is 3.32. The van der Waals surface area contributed by atoms with E-state index in [2.05, 4.69) is 10.3 Å². The van der Waals surface area contributed by atoms with Crippen molar-refractivity contribution < 1.29 is 9.59 Å². The monoisotopic (exact) mass is 336 g/mol. The Morgan fingerprint density at radius 2 is 2.04 bits per heavy atom. The van der Waals surface area contributed by atoms with Gasteiger partial charge in [-0.3, -0.25) is 4.79 Å². The van der Waals surface area contributed by atoms with E-state index in [0.717, 1.165) is 37.2 Å². The molecule has 0 radical (unpaired) electrons. The van der Waals surface area contributed by atoms with Crippen molar-refractivity contribution in [1.29, 1.82) is 0 Å². The Morgan fingerprint density at radius 1 is 1.30 bits per heavy atom. The van der Waals surface area contributed by atoms with Gasteiger partial charge in [-0.1, -0.05) is 6.92 Å². The zero-order valence-electron chi connectivity index (χ0n) is 13.5. The standard InChI is InChI=1S/C16H24N4O2S/c1-2-13(14-17-6-11-23-14)18-16(22)20-8-3-7-19(9-10-20)15(21)12-4-5-12/h6,11-13H,2-5,7-10H2,1H3,(H,18,22). The molecule has 1 aromatic heterocycles. The van der Waals surface area contributed by atoms with Crippen LogP contribution in [0.15, 0.2) is 11.6 Å². The fourth-order valence-electron chi connectivity index (χ4n) is 2.91. The van der Waals surface area contributed by atoms with E-state index in [1.165, 1.54) is 0 Å². The van der Waals surface area contributed by atoms with Crippen LogP contribution >= 0.6 is 11.3 Å². The summed E-state index contributed by atoms with van der Waals surface area (Å²) in [6.07, 6.45) is 5.50. The summed E-state index contributed by atoms with van der Waals surface area (Å²) >= 11 is 1.57. The van der Waals surface area contributed by atoms with Crippen molar-refractivity contribution in [3.63, 3.8) is 0 Å². The van der Waals surface area contributed by atoms with Crippen LogP contribution in [0.5, 0.6) is 0 Å². The number of aromatic nitrogens is 1. The largest absolute Gasteiger partial charge is 0.341 e. The number of nitrogens with zero attached hydrogens (tertiary/aromatic N) is 3. The SMILES string of the molecule is CCC(NC(=O)N1CCCN(C(=O)C2CC2)CC1)c1nccs1. The first-order chi connectivity index (χ1) is 11.2. The molecule has 0 aromatic carbocycles. The van der Waals surface area contributed by atoms with E-state index in [-0.39, 0.29) is 23.9 Å². The molecular formula is C16H24N4O2S. The van der Waals surface area contributed by atoms with Crippen LogP contribution < -0.4 is 5.32 Å². The van der Waals surface area contributed by atoms with E-state index in [1.807, 2.05) is 22.1 Å². The van der Waals surface area contributed by atoms with E-state index in [1.54, 1.807) is 17.5 Å². The molecule has 23 heavy (non-hydrogen) atoms. The van der Waals surface area contributed by atoms with Gasteiger partial charge in [0.2, 0.25) is 5.91 Å². The van der Waals surface area contributed by atoms with Crippen LogP contribution in [0.2, 0.25) is 0 Å². The van der Waals surface area contributed by atoms with Crippen molar-refractivity contribution in [2.75, 3.05) is 26.2 Å². The molecule has 6 nitrogen and oxygen atoms in total. The third-order valence-corrected chi connectivity index (χ3v) is 5.37. The van der Waals surface area contributed by atoms with E-state index >= 15 is 0 Å². The van der Waals surface area contributed by atoms with Crippen LogP contribution in [-0.2, 0) is 4.79 Å². The Morgan fingerprint density at radius 3 is 2.70 bits per heavy atom. The molecule has 1 unspecified atom stereocenters. The van der Waals surface area contributed by atoms with Crippen LogP contribution in [0.3, 0.4) is 0 Å². The number of hydrogen-bond acceptors (Lipinski definition) is 4. The lowest BCUT2D eigenvalue weighted by Gasteiger charge is -2.24. The zero-order valence-corrected chi connectivity index (χ0v) is 14.3. The highest BCUT2D eigenvalue weighted by Gasteiger charge is 2.34. The summed E-state index contributed by atoms with van der Waals surface area (Å²) in [6, 6.07) is -0.0808. The highest BCUT2D eigenvalue weighted by Crippen LogP contribution is 2.31. The minimum atomic E-state index is -0.0484. The third-order valence-electron chi connectivity index (χ3n) is 4.48. The highest BCUT2D eigenvalue weighted by atomic mass is 32.1. The normalized spacial score (nSPS) is 20.0. The molecule has 1 aromatic rings. The van der Waals surface area contributed by atoms with Crippen molar-refractivity contribution in [2.45, 2.75) is 38.6 Å². The molecule has 3 rings (SSSR count). The number of amides is 3. The van der Waals surface area contributed by atoms with Crippen LogP contribution in [0.4, 0.5) is 4.79 Å². The van der Waals surface area contributed by atoms with Gasteiger partial charge in [0.1, 0.15) is 5.01 Å². The molecule has 7 heteroatoms. The van der Waals surface area contributed by atoms with Crippen molar-refractivity contribution in [1.82, 2.24) is 20.1 Å². The van der Waals surface area contributed by atoms with Gasteiger partial charge in [-0.25, -0.2) is 9.78 Å². The molecule has 3 amide bonds. The lowest BCUT2D eigenvalue weighted by atomic mass is 10.2. The van der Waals surface area contributed by atoms with Crippen LogP contribution in [0.25, 0.3) is 0 Å². The molecule has 1 saturated carbocycles. The highest BCUT2D eigenvalue weighted by molar-refractivity contribution is 7.09. The van der Waals surface area contributed by atoms with Crippen molar-refractivity contribution in [3.8, 4) is 0 Å². The molecule has 2 aliphatic rings. The van der Waals surface area contributed by atoms with Crippen molar-refractivity contribution >= 4 is 23.3 Å². The summed E-state index contributed by atoms with van der Waals surface area (Å²) in [6.45, 7) is 4.78. The number of rotatable bonds is 4. The van der Waals surface area contributed by atoms with Gasteiger partial charge in [-0.05, 0) is 25.7 Å². The molecule has 2 heterocycles. The molecule has 1 atom stereocenters. The minimum Gasteiger partial charge on any atom is -0.341 e. The maximum absolute atomic E-state index is 12.5. The Labute approximate surface area is 140 Å². The molecule has 126 valence electrons. The topological polar surface area (TPSA) is 65.5 Å². The van der Waals surface area contributed by atoms with Crippen LogP contribution in [0, 0.1) is 5.92 Å². The smallest absolute Gasteiger partial charge is 0.318 e. The maximum atomic E-state index is 12.5. The van der Waals surface area contributed by atoms with Crippen molar-refractivity contribution in [3.05, 3.63) is 16.6 Å². The number of hydrogen-bond donors (Lipinski definition) is 1. The third kappa shape index (κ3) is 4.02. The van der Waals surface area contributed by atoms with Gasteiger partial charge in [0.05, 0.1) is 6.04 Å². The predicted octanol–water partition coefficient (Wildman–Crippen LogP) is 2.25. The Bertz CT molecular complexity index is 544. The first-order valence-corrected chi connectivity index (χ1v) is 9.30. The van der Waals surface area contributed by atoms with Gasteiger partial charge in [0, 0.05) is 43.7 Å². The second kappa shape index (κ2) is 7.29. The Hall–Kier alpha value is -1.63. The fourth-order valence-corrected chi connectivity index (χ4v) is 3.69.